The molecule has 4 aromatic rings. The fourth-order valence-electron chi connectivity index (χ4n) is 3.10. The second-order valence-corrected chi connectivity index (χ2v) is 6.36. The van der Waals surface area contributed by atoms with E-state index < -0.39 is 5.82 Å². The predicted molar refractivity (Wildman–Crippen MR) is 100 cm³/mol. The second kappa shape index (κ2) is 6.73. The average molecular weight is 378 g/mol. The quantitative estimate of drug-likeness (QED) is 0.423. The number of carbonyl (C=O) groups is 1. The first-order chi connectivity index (χ1) is 13.5. The Morgan fingerprint density at radius 1 is 1.18 bits per heavy atom. The number of nitrogens with zero attached hydrogens (tertiary/aromatic N) is 4. The van der Waals surface area contributed by atoms with Crippen LogP contribution in [0.5, 0.6) is 0 Å². The fraction of sp³-hybridized carbons (Fsp3) is 0.100. The summed E-state index contributed by atoms with van der Waals surface area (Å²) in [6, 6.07) is 8.02. The van der Waals surface area contributed by atoms with Crippen molar-refractivity contribution in [3.63, 3.8) is 0 Å². The monoisotopic (exact) mass is 378 g/mol. The van der Waals surface area contributed by atoms with E-state index in [1.807, 2.05) is 0 Å². The molecule has 0 aliphatic carbocycles. The van der Waals surface area contributed by atoms with Gasteiger partial charge in [0.2, 0.25) is 12.4 Å². The number of aryl methyl sites for hydroxylation is 1. The molecule has 0 saturated heterocycles. The average Bonchev–Trinajstić information content (AvgIpc) is 3.12. The van der Waals surface area contributed by atoms with E-state index in [1.54, 1.807) is 48.4 Å². The van der Waals surface area contributed by atoms with Gasteiger partial charge >= 0.3 is 0 Å². The number of nitrogens with one attached hydrogen (secondary N) is 1. The highest BCUT2D eigenvalue weighted by atomic mass is 19.1. The van der Waals surface area contributed by atoms with Crippen LogP contribution in [0.2, 0.25) is 0 Å². The molecule has 28 heavy (non-hydrogen) atoms. The Kier molecular flexibility index (Phi) is 4.23. The molecule has 7 nitrogen and oxygen atoms in total. The molecule has 0 spiro atoms. The molecule has 1 amide bonds. The molecule has 0 atom stereocenters. The minimum atomic E-state index is -0.471. The van der Waals surface area contributed by atoms with Gasteiger partial charge in [0.1, 0.15) is 11.5 Å². The van der Waals surface area contributed by atoms with Crippen LogP contribution in [0.4, 0.5) is 4.39 Å². The van der Waals surface area contributed by atoms with Gasteiger partial charge in [-0.3, -0.25) is 14.7 Å². The van der Waals surface area contributed by atoms with Crippen LogP contribution < -0.4 is 10.0 Å². The molecule has 0 unspecified atom stereocenters. The van der Waals surface area contributed by atoms with Crippen LogP contribution in [0.15, 0.2) is 55.1 Å². The van der Waals surface area contributed by atoms with Crippen molar-refractivity contribution in [3.8, 4) is 22.3 Å². The van der Waals surface area contributed by atoms with Gasteiger partial charge in [-0.15, -0.1) is 0 Å². The molecular formula is C20H17FN5O2+. The number of hydrogen-bond donors (Lipinski definition) is 2. The summed E-state index contributed by atoms with van der Waals surface area (Å²) in [5.74, 6) is -0.818. The maximum Gasteiger partial charge on any atom is 0.269 e. The van der Waals surface area contributed by atoms with Gasteiger partial charge in [0.15, 0.2) is 0 Å². The Balaban J connectivity index is 1.89. The zero-order valence-electron chi connectivity index (χ0n) is 15.2. The molecule has 140 valence electrons. The van der Waals surface area contributed by atoms with Crippen molar-refractivity contribution in [3.05, 3.63) is 66.6 Å². The van der Waals surface area contributed by atoms with Crippen molar-refractivity contribution in [1.29, 1.82) is 0 Å². The van der Waals surface area contributed by atoms with Gasteiger partial charge in [-0.25, -0.2) is 9.37 Å². The normalized spacial score (nSPS) is 11.0. The van der Waals surface area contributed by atoms with Gasteiger partial charge in [-0.05, 0) is 23.8 Å². The summed E-state index contributed by atoms with van der Waals surface area (Å²) >= 11 is 0. The van der Waals surface area contributed by atoms with Crippen molar-refractivity contribution in [2.24, 2.45) is 7.05 Å². The van der Waals surface area contributed by atoms with Gasteiger partial charge in [-0.1, -0.05) is 12.1 Å². The molecule has 4 rings (SSSR count). The van der Waals surface area contributed by atoms with E-state index >= 15 is 0 Å². The number of rotatable bonds is 3. The fourth-order valence-corrected chi connectivity index (χ4v) is 3.10. The van der Waals surface area contributed by atoms with Crippen LogP contribution in [-0.2, 0) is 7.05 Å². The highest BCUT2D eigenvalue weighted by Crippen LogP contribution is 2.31. The number of aromatic nitrogens is 4. The minimum absolute atomic E-state index is 0.208. The van der Waals surface area contributed by atoms with Gasteiger partial charge in [-0.2, -0.15) is 5.10 Å². The highest BCUT2D eigenvalue weighted by Gasteiger charge is 2.19. The minimum Gasteiger partial charge on any atom is -0.354 e. The first-order valence-corrected chi connectivity index (χ1v) is 8.52. The maximum atomic E-state index is 15.0. The topological polar surface area (TPSA) is 83.9 Å². The Hall–Kier alpha value is -3.81. The first kappa shape index (κ1) is 17.6. The molecule has 0 bridgehead atoms. The number of amides is 1. The Morgan fingerprint density at radius 2 is 2.00 bits per heavy atom. The summed E-state index contributed by atoms with van der Waals surface area (Å²) in [5, 5.41) is 17.2. The van der Waals surface area contributed by atoms with Crippen LogP contribution in [0.1, 0.15) is 10.5 Å². The van der Waals surface area contributed by atoms with E-state index in [-0.39, 0.29) is 17.2 Å². The number of fused-ring (bicyclic) bond motifs is 1. The van der Waals surface area contributed by atoms with Crippen LogP contribution in [0.25, 0.3) is 33.2 Å². The van der Waals surface area contributed by atoms with E-state index in [2.05, 4.69) is 15.4 Å². The van der Waals surface area contributed by atoms with E-state index in [1.165, 1.54) is 25.5 Å². The van der Waals surface area contributed by atoms with Crippen molar-refractivity contribution in [1.82, 2.24) is 20.1 Å². The largest absolute Gasteiger partial charge is 0.354 e. The zero-order chi connectivity index (χ0) is 19.8. The van der Waals surface area contributed by atoms with E-state index in [0.717, 1.165) is 10.3 Å². The SMILES string of the molecule is CNC(=O)c1ccc2c[n+](O)cc(-c3ccc(-c4cnn(C)c4)cc3F)c2n1. The number of benzene rings is 1. The number of halogens is 1. The van der Waals surface area contributed by atoms with E-state index in [0.29, 0.717) is 22.0 Å². The predicted octanol–water partition coefficient (Wildman–Crippen LogP) is 2.33. The van der Waals surface area contributed by atoms with Crippen molar-refractivity contribution >= 4 is 16.8 Å². The molecule has 0 saturated carbocycles. The number of carbonyl (C=O) groups excluding carboxylic acids is 1. The Morgan fingerprint density at radius 3 is 2.68 bits per heavy atom. The standard InChI is InChI=1S/C20H16FN5O2/c1-22-20(27)18-6-4-13-10-26(28)11-16(19(13)24-18)15-5-3-12(7-17(15)21)14-8-23-25(2)9-14/h3-11H,1-2H3,(H-,22,27,28)/p+1. The lowest BCUT2D eigenvalue weighted by atomic mass is 10.0. The lowest BCUT2D eigenvalue weighted by Crippen LogP contribution is -2.29. The summed E-state index contributed by atoms with van der Waals surface area (Å²) in [4.78, 5) is 16.3. The van der Waals surface area contributed by atoms with Gasteiger partial charge in [0, 0.05) is 36.1 Å². The van der Waals surface area contributed by atoms with Crippen LogP contribution in [0, 0.1) is 5.82 Å². The number of hydrogen-bond acceptors (Lipinski definition) is 4. The summed E-state index contributed by atoms with van der Waals surface area (Å²) in [7, 11) is 3.30. The van der Waals surface area contributed by atoms with Crippen molar-refractivity contribution in [2.75, 3.05) is 7.05 Å². The summed E-state index contributed by atoms with van der Waals surface area (Å²) in [6.45, 7) is 0. The summed E-state index contributed by atoms with van der Waals surface area (Å²) < 4.78 is 17.5. The molecule has 0 fully saturated rings. The highest BCUT2D eigenvalue weighted by molar-refractivity contribution is 5.98. The van der Waals surface area contributed by atoms with Gasteiger partial charge in [0.25, 0.3) is 5.91 Å². The van der Waals surface area contributed by atoms with Crippen molar-refractivity contribution in [2.45, 2.75) is 0 Å². The summed E-state index contributed by atoms with van der Waals surface area (Å²) in [5.41, 5.74) is 2.75. The Labute approximate surface area is 159 Å². The molecule has 0 aliphatic rings. The lowest BCUT2D eigenvalue weighted by molar-refractivity contribution is -0.903. The molecule has 2 N–H and O–H groups in total. The number of pyridine rings is 2. The van der Waals surface area contributed by atoms with Crippen LogP contribution in [0.3, 0.4) is 0 Å². The zero-order valence-corrected chi connectivity index (χ0v) is 15.2. The summed E-state index contributed by atoms with van der Waals surface area (Å²) in [6.07, 6.45) is 6.27. The molecule has 3 heterocycles. The third-order valence-electron chi connectivity index (χ3n) is 4.47. The molecular weight excluding hydrogens is 361 g/mol. The second-order valence-electron chi connectivity index (χ2n) is 6.36. The molecule has 3 aromatic heterocycles. The Bertz CT molecular complexity index is 1220. The van der Waals surface area contributed by atoms with E-state index in [9.17, 15) is 14.4 Å². The third kappa shape index (κ3) is 3.05. The first-order valence-electron chi connectivity index (χ1n) is 8.52. The lowest BCUT2D eigenvalue weighted by Gasteiger charge is -2.08. The third-order valence-corrected chi connectivity index (χ3v) is 4.47. The maximum absolute atomic E-state index is 15.0. The van der Waals surface area contributed by atoms with Crippen LogP contribution in [-0.4, -0.2) is 32.9 Å². The molecule has 0 radical (unpaired) electrons. The smallest absolute Gasteiger partial charge is 0.269 e. The molecule has 0 aliphatic heterocycles. The van der Waals surface area contributed by atoms with Gasteiger partial charge in [0.05, 0.1) is 22.7 Å². The van der Waals surface area contributed by atoms with Gasteiger partial charge < -0.3 is 5.32 Å². The molecule has 8 heteroatoms. The molecule has 1 aromatic carbocycles. The van der Waals surface area contributed by atoms with Crippen molar-refractivity contribution < 1.29 is 19.1 Å². The van der Waals surface area contributed by atoms with Crippen LogP contribution >= 0.6 is 0 Å². The van der Waals surface area contributed by atoms with E-state index in [4.69, 9.17) is 0 Å².